The van der Waals surface area contributed by atoms with Crippen LogP contribution in [0.1, 0.15) is 23.2 Å². The lowest BCUT2D eigenvalue weighted by Gasteiger charge is -2.31. The number of rotatable bonds is 3. The molecule has 5 rings (SSSR count). The summed E-state index contributed by atoms with van der Waals surface area (Å²) in [5.41, 5.74) is 1.42. The van der Waals surface area contributed by atoms with Crippen molar-refractivity contribution in [1.82, 2.24) is 4.31 Å². The highest BCUT2D eigenvalue weighted by Gasteiger charge is 2.34. The van der Waals surface area contributed by atoms with Crippen molar-refractivity contribution in [2.24, 2.45) is 0 Å². The molecule has 3 heterocycles. The number of para-hydroxylation sites is 2. The second kappa shape index (κ2) is 7.79. The minimum Gasteiger partial charge on any atom is -0.454 e. The number of sulfonamides is 1. The molecule has 7 nitrogen and oxygen atoms in total. The number of fused-ring (bicyclic) bond motifs is 2. The van der Waals surface area contributed by atoms with Crippen LogP contribution >= 0.6 is 11.8 Å². The molecule has 3 aliphatic rings. The van der Waals surface area contributed by atoms with Gasteiger partial charge in [0, 0.05) is 43.8 Å². The average Bonchev–Trinajstić information content (AvgIpc) is 3.27. The van der Waals surface area contributed by atoms with Crippen LogP contribution < -0.4 is 15.0 Å². The monoisotopic (exact) mass is 445 g/mol. The Balaban J connectivity index is 1.67. The number of ether oxygens (including phenoxy) is 1. The molecule has 158 valence electrons. The highest BCUT2D eigenvalue weighted by Crippen LogP contribution is 2.41. The standard InChI is InChI=1S/C21H23N3O4S2/c25-21-15-13-20(30(26,27)24-7-3-4-8-24)17(23-9-11-29-12-10-23)14-19(15)28-18-6-2-1-5-16(18)22-21/h1-2,5-6,13-14H,3-4,7-12H2,(H,22,25). The number of anilines is 2. The third-order valence-electron chi connectivity index (χ3n) is 5.70. The molecule has 0 spiro atoms. The number of nitrogens with zero attached hydrogens (tertiary/aromatic N) is 2. The third kappa shape index (κ3) is 3.44. The Hall–Kier alpha value is -2.23. The summed E-state index contributed by atoms with van der Waals surface area (Å²) < 4.78 is 34.6. The SMILES string of the molecule is O=C1Nc2ccccc2Oc2cc(N3CCSCC3)c(S(=O)(=O)N3CCCC3)cc21. The van der Waals surface area contributed by atoms with Gasteiger partial charge in [-0.25, -0.2) is 8.42 Å². The summed E-state index contributed by atoms with van der Waals surface area (Å²) in [6.07, 6.45) is 1.72. The zero-order valence-electron chi connectivity index (χ0n) is 16.5. The van der Waals surface area contributed by atoms with Gasteiger partial charge in [0.15, 0.2) is 5.75 Å². The largest absolute Gasteiger partial charge is 0.454 e. The van der Waals surface area contributed by atoms with Gasteiger partial charge in [0.1, 0.15) is 10.6 Å². The molecule has 2 fully saturated rings. The van der Waals surface area contributed by atoms with Crippen LogP contribution in [-0.2, 0) is 10.0 Å². The number of thioether (sulfide) groups is 1. The lowest BCUT2D eigenvalue weighted by atomic mass is 10.1. The van der Waals surface area contributed by atoms with Crippen molar-refractivity contribution in [2.45, 2.75) is 17.7 Å². The summed E-state index contributed by atoms with van der Waals surface area (Å²) in [5.74, 6) is 2.43. The van der Waals surface area contributed by atoms with Gasteiger partial charge in [-0.1, -0.05) is 12.1 Å². The zero-order valence-corrected chi connectivity index (χ0v) is 18.1. The fraction of sp³-hybridized carbons (Fsp3) is 0.381. The first kappa shape index (κ1) is 19.7. The third-order valence-corrected chi connectivity index (χ3v) is 8.57. The zero-order chi connectivity index (χ0) is 20.7. The number of benzene rings is 2. The second-order valence-corrected chi connectivity index (χ2v) is 10.7. The second-order valence-electron chi connectivity index (χ2n) is 7.58. The summed E-state index contributed by atoms with van der Waals surface area (Å²) in [6, 6.07) is 10.4. The van der Waals surface area contributed by atoms with E-state index in [0.717, 1.165) is 37.4 Å². The van der Waals surface area contributed by atoms with Gasteiger partial charge in [-0.3, -0.25) is 4.79 Å². The Morgan fingerprint density at radius 1 is 0.967 bits per heavy atom. The lowest BCUT2D eigenvalue weighted by Crippen LogP contribution is -2.35. The van der Waals surface area contributed by atoms with Crippen molar-refractivity contribution < 1.29 is 17.9 Å². The van der Waals surface area contributed by atoms with E-state index in [0.29, 0.717) is 36.0 Å². The van der Waals surface area contributed by atoms with Crippen molar-refractivity contribution in [3.05, 3.63) is 42.0 Å². The van der Waals surface area contributed by atoms with E-state index in [-0.39, 0.29) is 16.4 Å². The fourth-order valence-electron chi connectivity index (χ4n) is 4.10. The van der Waals surface area contributed by atoms with E-state index in [9.17, 15) is 13.2 Å². The Kier molecular flexibility index (Phi) is 5.12. The first-order chi connectivity index (χ1) is 14.5. The summed E-state index contributed by atoms with van der Waals surface area (Å²) in [6.45, 7) is 2.55. The molecule has 0 unspecified atom stereocenters. The molecule has 0 aromatic heterocycles. The Labute approximate surface area is 180 Å². The van der Waals surface area contributed by atoms with Crippen LogP contribution in [0.15, 0.2) is 41.3 Å². The van der Waals surface area contributed by atoms with E-state index in [1.165, 1.54) is 10.4 Å². The number of hydrogen-bond acceptors (Lipinski definition) is 6. The van der Waals surface area contributed by atoms with Gasteiger partial charge in [0.25, 0.3) is 5.91 Å². The molecule has 2 saturated heterocycles. The van der Waals surface area contributed by atoms with Gasteiger partial charge >= 0.3 is 0 Å². The molecule has 30 heavy (non-hydrogen) atoms. The van der Waals surface area contributed by atoms with Crippen LogP contribution in [0, 0.1) is 0 Å². The van der Waals surface area contributed by atoms with Gasteiger partial charge in [-0.05, 0) is 31.0 Å². The molecule has 1 N–H and O–H groups in total. The maximum atomic E-state index is 13.5. The number of carbonyl (C=O) groups excluding carboxylic acids is 1. The first-order valence-electron chi connectivity index (χ1n) is 10.1. The highest BCUT2D eigenvalue weighted by atomic mass is 32.2. The van der Waals surface area contributed by atoms with Crippen LogP contribution in [-0.4, -0.2) is 56.3 Å². The van der Waals surface area contributed by atoms with E-state index in [1.807, 2.05) is 23.9 Å². The topological polar surface area (TPSA) is 79.0 Å². The summed E-state index contributed by atoms with van der Waals surface area (Å²) in [5, 5.41) is 2.84. The van der Waals surface area contributed by atoms with Crippen molar-refractivity contribution in [1.29, 1.82) is 0 Å². The molecule has 0 saturated carbocycles. The van der Waals surface area contributed by atoms with Crippen LogP contribution in [0.4, 0.5) is 11.4 Å². The van der Waals surface area contributed by atoms with Crippen LogP contribution in [0.25, 0.3) is 0 Å². The molecule has 0 bridgehead atoms. The van der Waals surface area contributed by atoms with Gasteiger partial charge in [-0.2, -0.15) is 16.1 Å². The maximum Gasteiger partial charge on any atom is 0.259 e. The summed E-state index contributed by atoms with van der Waals surface area (Å²) in [4.78, 5) is 15.2. The van der Waals surface area contributed by atoms with Crippen LogP contribution in [0.2, 0.25) is 0 Å². The number of amides is 1. The Morgan fingerprint density at radius 3 is 2.47 bits per heavy atom. The molecule has 0 atom stereocenters. The molecular weight excluding hydrogens is 422 g/mol. The normalized spacial score (nSPS) is 19.5. The minimum atomic E-state index is -3.71. The lowest BCUT2D eigenvalue weighted by molar-refractivity contribution is 0.102. The van der Waals surface area contributed by atoms with Gasteiger partial charge in [0.2, 0.25) is 10.0 Å². The molecular formula is C21H23N3O4S2. The maximum absolute atomic E-state index is 13.5. The predicted octanol–water partition coefficient (Wildman–Crippen LogP) is 3.38. The van der Waals surface area contributed by atoms with Gasteiger partial charge < -0.3 is 15.0 Å². The summed E-state index contributed by atoms with van der Waals surface area (Å²) >= 11 is 1.86. The Morgan fingerprint density at radius 2 is 1.70 bits per heavy atom. The fourth-order valence-corrected chi connectivity index (χ4v) is 6.74. The molecule has 2 aromatic rings. The molecule has 0 aliphatic carbocycles. The summed E-state index contributed by atoms with van der Waals surface area (Å²) in [7, 11) is -3.71. The first-order valence-corrected chi connectivity index (χ1v) is 12.7. The van der Waals surface area contributed by atoms with E-state index in [4.69, 9.17) is 4.74 Å². The minimum absolute atomic E-state index is 0.194. The molecule has 9 heteroatoms. The quantitative estimate of drug-likeness (QED) is 0.780. The van der Waals surface area contributed by atoms with E-state index >= 15 is 0 Å². The van der Waals surface area contributed by atoms with Gasteiger partial charge in [-0.15, -0.1) is 0 Å². The van der Waals surface area contributed by atoms with Crippen LogP contribution in [0.3, 0.4) is 0 Å². The number of nitrogens with one attached hydrogen (secondary N) is 1. The van der Waals surface area contributed by atoms with Crippen molar-refractivity contribution >= 4 is 39.1 Å². The van der Waals surface area contributed by atoms with E-state index < -0.39 is 10.0 Å². The molecule has 3 aliphatic heterocycles. The van der Waals surface area contributed by atoms with Crippen LogP contribution in [0.5, 0.6) is 11.5 Å². The smallest absolute Gasteiger partial charge is 0.259 e. The Bertz CT molecular complexity index is 1090. The average molecular weight is 446 g/mol. The van der Waals surface area contributed by atoms with E-state index in [2.05, 4.69) is 10.2 Å². The molecule has 2 aromatic carbocycles. The van der Waals surface area contributed by atoms with Gasteiger partial charge in [0.05, 0.1) is 16.9 Å². The van der Waals surface area contributed by atoms with Crippen molar-refractivity contribution in [3.63, 3.8) is 0 Å². The molecule has 0 radical (unpaired) electrons. The number of hydrogen-bond donors (Lipinski definition) is 1. The molecule has 1 amide bonds. The van der Waals surface area contributed by atoms with Crippen molar-refractivity contribution in [3.8, 4) is 11.5 Å². The number of carbonyl (C=O) groups is 1. The van der Waals surface area contributed by atoms with E-state index in [1.54, 1.807) is 18.2 Å². The highest BCUT2D eigenvalue weighted by molar-refractivity contribution is 7.99. The van der Waals surface area contributed by atoms with Crippen molar-refractivity contribution in [2.75, 3.05) is 47.9 Å². The predicted molar refractivity (Wildman–Crippen MR) is 118 cm³/mol.